The lowest BCUT2D eigenvalue weighted by atomic mass is 10.0. The quantitative estimate of drug-likeness (QED) is 0.192. The lowest BCUT2D eigenvalue weighted by molar-refractivity contribution is 1.07. The summed E-state index contributed by atoms with van der Waals surface area (Å²) in [4.78, 5) is 18.5. The minimum Gasteiger partial charge on any atom is -0.309 e. The van der Waals surface area contributed by atoms with E-state index >= 15 is 0 Å². The van der Waals surface area contributed by atoms with Crippen molar-refractivity contribution in [1.82, 2.24) is 19.5 Å². The Labute approximate surface area is 260 Å². The second-order valence-corrected chi connectivity index (χ2v) is 10.8. The monoisotopic (exact) mass is 575 g/mol. The van der Waals surface area contributed by atoms with Crippen molar-refractivity contribution in [3.05, 3.63) is 163 Å². The first-order chi connectivity index (χ1) is 22.2. The lowest BCUT2D eigenvalue weighted by Crippen LogP contribution is -2.00. The molecule has 0 fully saturated rings. The number of benzene rings is 6. The number of aromatic nitrogens is 4. The van der Waals surface area contributed by atoms with Crippen LogP contribution >= 0.6 is 0 Å². The van der Waals surface area contributed by atoms with Crippen molar-refractivity contribution < 1.29 is 0 Å². The van der Waals surface area contributed by atoms with E-state index in [-0.39, 0.29) is 0 Å². The second kappa shape index (κ2) is 11.0. The number of hydrogen-bond acceptors (Lipinski definition) is 3. The Balaban J connectivity index is 1.29. The second-order valence-electron chi connectivity index (χ2n) is 10.8. The van der Waals surface area contributed by atoms with E-state index in [1.165, 1.54) is 10.8 Å². The molecule has 0 saturated heterocycles. The Bertz CT molecular complexity index is 2270. The third-order valence-electron chi connectivity index (χ3n) is 8.02. The average Bonchev–Trinajstić information content (AvgIpc) is 3.46. The topological polar surface area (TPSA) is 48.0 Å². The van der Waals surface area contributed by atoms with Crippen LogP contribution in [0.3, 0.4) is 0 Å². The molecule has 2 aromatic heterocycles. The van der Waals surface area contributed by atoms with Gasteiger partial charge in [-0.25, -0.2) is 19.8 Å². The van der Waals surface area contributed by atoms with E-state index in [9.17, 15) is 0 Å². The summed E-state index contributed by atoms with van der Waals surface area (Å²) in [5.41, 5.74) is 8.36. The fraction of sp³-hybridized carbons (Fsp3) is 0. The smallest absolute Gasteiger partial charge is 0.188 e. The van der Waals surface area contributed by atoms with Crippen molar-refractivity contribution in [2.75, 3.05) is 0 Å². The molecule has 0 aliphatic rings. The maximum Gasteiger partial charge on any atom is 0.188 e. The molecular formula is C40H25N5. The van der Waals surface area contributed by atoms with E-state index in [4.69, 9.17) is 21.5 Å². The van der Waals surface area contributed by atoms with Gasteiger partial charge in [0.05, 0.1) is 17.6 Å². The zero-order chi connectivity index (χ0) is 30.2. The van der Waals surface area contributed by atoms with Crippen LogP contribution in [-0.4, -0.2) is 19.5 Å². The molecule has 0 N–H and O–H groups in total. The Hall–Kier alpha value is -6.38. The van der Waals surface area contributed by atoms with Crippen molar-refractivity contribution in [3.63, 3.8) is 0 Å². The molecule has 8 aromatic rings. The van der Waals surface area contributed by atoms with Gasteiger partial charge in [-0.2, -0.15) is 0 Å². The first-order valence-corrected chi connectivity index (χ1v) is 14.7. The third-order valence-corrected chi connectivity index (χ3v) is 8.02. The van der Waals surface area contributed by atoms with Crippen molar-refractivity contribution in [3.8, 4) is 51.0 Å². The fourth-order valence-electron chi connectivity index (χ4n) is 5.93. The van der Waals surface area contributed by atoms with Crippen molar-refractivity contribution >= 4 is 27.5 Å². The van der Waals surface area contributed by atoms with E-state index in [2.05, 4.69) is 88.3 Å². The molecule has 5 nitrogen and oxygen atoms in total. The minimum absolute atomic E-state index is 0.521. The number of hydrogen-bond donors (Lipinski definition) is 0. The van der Waals surface area contributed by atoms with E-state index in [0.717, 1.165) is 44.5 Å². The summed E-state index contributed by atoms with van der Waals surface area (Å²) in [5.74, 6) is 1.69. The van der Waals surface area contributed by atoms with E-state index in [0.29, 0.717) is 23.2 Å². The molecule has 2 heterocycles. The van der Waals surface area contributed by atoms with Gasteiger partial charge in [0, 0.05) is 33.2 Å². The average molecular weight is 576 g/mol. The Morgan fingerprint density at radius 3 is 1.49 bits per heavy atom. The van der Waals surface area contributed by atoms with Crippen LogP contribution in [0.4, 0.5) is 5.69 Å². The maximum atomic E-state index is 7.92. The van der Waals surface area contributed by atoms with Crippen LogP contribution in [0.25, 0.3) is 77.6 Å². The molecule has 6 aromatic carbocycles. The van der Waals surface area contributed by atoms with Gasteiger partial charge in [-0.3, -0.25) is 0 Å². The van der Waals surface area contributed by atoms with Crippen molar-refractivity contribution in [1.29, 1.82) is 0 Å². The third kappa shape index (κ3) is 4.81. The van der Waals surface area contributed by atoms with Crippen LogP contribution in [0.15, 0.2) is 152 Å². The van der Waals surface area contributed by atoms with Gasteiger partial charge in [-0.15, -0.1) is 0 Å². The predicted molar refractivity (Wildman–Crippen MR) is 182 cm³/mol. The molecule has 8 rings (SSSR count). The molecule has 0 spiro atoms. The molecule has 45 heavy (non-hydrogen) atoms. The lowest BCUT2D eigenvalue weighted by Gasteiger charge is -2.12. The minimum atomic E-state index is 0.521. The van der Waals surface area contributed by atoms with Crippen LogP contribution in [0.5, 0.6) is 0 Å². The fourth-order valence-corrected chi connectivity index (χ4v) is 5.93. The highest BCUT2D eigenvalue weighted by atomic mass is 15.0. The molecule has 0 radical (unpaired) electrons. The molecule has 0 aliphatic carbocycles. The Morgan fingerprint density at radius 2 is 0.911 bits per heavy atom. The summed E-state index contributed by atoms with van der Waals surface area (Å²) in [6.07, 6.45) is 0. The maximum absolute atomic E-state index is 7.92. The van der Waals surface area contributed by atoms with Gasteiger partial charge >= 0.3 is 0 Å². The summed E-state index contributed by atoms with van der Waals surface area (Å²) < 4.78 is 2.30. The van der Waals surface area contributed by atoms with Crippen LogP contribution < -0.4 is 0 Å². The van der Waals surface area contributed by atoms with Crippen molar-refractivity contribution in [2.45, 2.75) is 0 Å². The van der Waals surface area contributed by atoms with Gasteiger partial charge < -0.3 is 4.57 Å². The highest BCUT2D eigenvalue weighted by Gasteiger charge is 2.15. The largest absolute Gasteiger partial charge is 0.309 e. The first kappa shape index (κ1) is 26.3. The summed E-state index contributed by atoms with van der Waals surface area (Å²) in [6.45, 7) is 7.92. The van der Waals surface area contributed by atoms with Gasteiger partial charge in [0.15, 0.2) is 23.2 Å². The SMILES string of the molecule is [C-]#[N+]c1cc(-c2cccc(-n3c4ccccc4c4ccccc43)c2)cc(-c2nc(-c3ccccc3)nc(-c3ccccc3)n2)c1. The first-order valence-electron chi connectivity index (χ1n) is 14.7. The van der Waals surface area contributed by atoms with E-state index in [1.54, 1.807) is 0 Å². The molecule has 210 valence electrons. The van der Waals surface area contributed by atoms with E-state index < -0.39 is 0 Å². The zero-order valence-corrected chi connectivity index (χ0v) is 24.2. The van der Waals surface area contributed by atoms with Crippen LogP contribution in [0.1, 0.15) is 0 Å². The van der Waals surface area contributed by atoms with Crippen LogP contribution in [0, 0.1) is 6.57 Å². The Kier molecular flexibility index (Phi) is 6.44. The molecule has 0 aliphatic heterocycles. The molecule has 0 bridgehead atoms. The standard InChI is InChI=1S/C40H25N5/c1-41-32-24-30(29-17-12-18-33(26-29)45-36-21-10-8-19-34(36)35-20-9-11-22-37(35)45)23-31(25-32)40-43-38(27-13-4-2-5-14-27)42-39(44-40)28-15-6-3-7-16-28/h2-26H. The van der Waals surface area contributed by atoms with Gasteiger partial charge in [0.2, 0.25) is 0 Å². The van der Waals surface area contributed by atoms with Gasteiger partial charge in [-0.1, -0.05) is 109 Å². The summed E-state index contributed by atoms with van der Waals surface area (Å²) in [5, 5.41) is 2.43. The van der Waals surface area contributed by atoms with E-state index in [1.807, 2.05) is 72.8 Å². The highest BCUT2D eigenvalue weighted by molar-refractivity contribution is 6.09. The molecule has 0 amide bonds. The zero-order valence-electron chi connectivity index (χ0n) is 24.2. The highest BCUT2D eigenvalue weighted by Crippen LogP contribution is 2.36. The van der Waals surface area contributed by atoms with Gasteiger partial charge in [0.1, 0.15) is 0 Å². The van der Waals surface area contributed by atoms with Crippen LogP contribution in [0.2, 0.25) is 0 Å². The van der Waals surface area contributed by atoms with Crippen molar-refractivity contribution in [2.24, 2.45) is 0 Å². The predicted octanol–water partition coefficient (Wildman–Crippen LogP) is 10.2. The number of rotatable bonds is 5. The molecular weight excluding hydrogens is 550 g/mol. The molecule has 5 heteroatoms. The van der Waals surface area contributed by atoms with Gasteiger partial charge in [0.25, 0.3) is 0 Å². The normalized spacial score (nSPS) is 11.1. The molecule has 0 atom stereocenters. The Morgan fingerprint density at radius 1 is 0.422 bits per heavy atom. The molecule has 0 unspecified atom stereocenters. The summed E-state index contributed by atoms with van der Waals surface area (Å²) in [7, 11) is 0. The van der Waals surface area contributed by atoms with Gasteiger partial charge in [-0.05, 0) is 53.6 Å². The molecule has 0 saturated carbocycles. The van der Waals surface area contributed by atoms with Crippen LogP contribution in [-0.2, 0) is 0 Å². The summed E-state index contributed by atoms with van der Waals surface area (Å²) >= 11 is 0. The number of para-hydroxylation sites is 2. The summed E-state index contributed by atoms with van der Waals surface area (Å²) in [6, 6.07) is 51.1. The number of fused-ring (bicyclic) bond motifs is 3. The number of nitrogens with zero attached hydrogens (tertiary/aromatic N) is 5.